The van der Waals surface area contributed by atoms with Gasteiger partial charge >= 0.3 is 6.11 Å². The van der Waals surface area contributed by atoms with Gasteiger partial charge in [0.1, 0.15) is 23.2 Å². The van der Waals surface area contributed by atoms with Crippen molar-refractivity contribution in [2.45, 2.75) is 6.11 Å². The molecule has 0 bridgehead atoms. The van der Waals surface area contributed by atoms with Crippen molar-refractivity contribution in [3.05, 3.63) is 65.5 Å². The highest BCUT2D eigenvalue weighted by Crippen LogP contribution is 2.27. The number of ether oxygens (including phenoxy) is 1. The monoisotopic (exact) mass is 302 g/mol. The summed E-state index contributed by atoms with van der Waals surface area (Å²) in [5, 5.41) is 0. The highest BCUT2D eigenvalue weighted by atomic mass is 19.3. The van der Waals surface area contributed by atoms with E-state index < -0.39 is 40.7 Å². The summed E-state index contributed by atoms with van der Waals surface area (Å²) in [5.41, 5.74) is -1.14. The van der Waals surface area contributed by atoms with Crippen molar-refractivity contribution in [3.8, 4) is 5.75 Å². The standard InChI is InChI=1S/C14H7F5O2/c15-8-1-4-10(5-2-8)21-14(18,19)13(20)11-7-9(16)3-6-12(11)17/h1-7H. The van der Waals surface area contributed by atoms with Crippen LogP contribution in [0.15, 0.2) is 42.5 Å². The third kappa shape index (κ3) is 3.36. The van der Waals surface area contributed by atoms with Crippen molar-refractivity contribution >= 4 is 5.78 Å². The number of halogens is 5. The predicted octanol–water partition coefficient (Wildman–Crippen LogP) is 3.96. The molecule has 0 aliphatic carbocycles. The lowest BCUT2D eigenvalue weighted by Crippen LogP contribution is -2.35. The van der Waals surface area contributed by atoms with Gasteiger partial charge in [-0.15, -0.1) is 0 Å². The largest absolute Gasteiger partial charge is 0.466 e. The van der Waals surface area contributed by atoms with Crippen LogP contribution in [-0.4, -0.2) is 11.9 Å². The van der Waals surface area contributed by atoms with E-state index >= 15 is 0 Å². The maximum absolute atomic E-state index is 13.6. The van der Waals surface area contributed by atoms with Gasteiger partial charge in [-0.25, -0.2) is 13.2 Å². The summed E-state index contributed by atoms with van der Waals surface area (Å²) in [6.07, 6.45) is -4.42. The van der Waals surface area contributed by atoms with E-state index in [1.807, 2.05) is 0 Å². The molecule has 7 heteroatoms. The molecule has 2 rings (SSSR count). The summed E-state index contributed by atoms with van der Waals surface area (Å²) in [6, 6.07) is 5.02. The van der Waals surface area contributed by atoms with E-state index in [0.717, 1.165) is 24.3 Å². The number of rotatable bonds is 4. The van der Waals surface area contributed by atoms with Crippen LogP contribution in [-0.2, 0) is 0 Å². The number of carbonyl (C=O) groups excluding carboxylic acids is 1. The molecule has 0 N–H and O–H groups in total. The van der Waals surface area contributed by atoms with Crippen LogP contribution in [0.3, 0.4) is 0 Å². The average Bonchev–Trinajstić information content (AvgIpc) is 2.43. The van der Waals surface area contributed by atoms with Crippen molar-refractivity contribution in [2.24, 2.45) is 0 Å². The van der Waals surface area contributed by atoms with Crippen molar-refractivity contribution in [1.82, 2.24) is 0 Å². The maximum Gasteiger partial charge on any atom is 0.466 e. The first kappa shape index (κ1) is 15.0. The molecular formula is C14H7F5O2. The quantitative estimate of drug-likeness (QED) is 0.631. The number of benzene rings is 2. The highest BCUT2D eigenvalue weighted by Gasteiger charge is 2.44. The molecule has 0 spiro atoms. The topological polar surface area (TPSA) is 26.3 Å². The van der Waals surface area contributed by atoms with E-state index in [9.17, 15) is 26.7 Å². The Labute approximate surface area is 115 Å². The zero-order valence-corrected chi connectivity index (χ0v) is 10.2. The maximum atomic E-state index is 13.6. The summed E-state index contributed by atoms with van der Waals surface area (Å²) in [7, 11) is 0. The summed E-state index contributed by atoms with van der Waals surface area (Å²) in [4.78, 5) is 11.6. The van der Waals surface area contributed by atoms with Crippen LogP contribution in [0.4, 0.5) is 22.0 Å². The molecule has 0 heterocycles. The molecule has 2 aromatic carbocycles. The lowest BCUT2D eigenvalue weighted by Gasteiger charge is -2.17. The molecule has 110 valence electrons. The Morgan fingerprint density at radius 3 is 2.10 bits per heavy atom. The first-order valence-electron chi connectivity index (χ1n) is 5.62. The summed E-state index contributed by atoms with van der Waals surface area (Å²) >= 11 is 0. The lowest BCUT2D eigenvalue weighted by atomic mass is 10.1. The number of alkyl halides is 2. The molecule has 0 aromatic heterocycles. The third-order valence-corrected chi connectivity index (χ3v) is 2.50. The van der Waals surface area contributed by atoms with Crippen LogP contribution in [0.5, 0.6) is 5.75 Å². The molecule has 2 nitrogen and oxygen atoms in total. The SMILES string of the molecule is O=C(c1cc(F)ccc1F)C(F)(F)Oc1ccc(F)cc1. The van der Waals surface area contributed by atoms with Gasteiger partial charge in [-0.3, -0.25) is 4.79 Å². The molecule has 0 radical (unpaired) electrons. The van der Waals surface area contributed by atoms with Gasteiger partial charge in [0, 0.05) is 0 Å². The van der Waals surface area contributed by atoms with Gasteiger partial charge in [-0.1, -0.05) is 0 Å². The van der Waals surface area contributed by atoms with E-state index in [2.05, 4.69) is 4.74 Å². The first-order valence-corrected chi connectivity index (χ1v) is 5.62. The van der Waals surface area contributed by atoms with E-state index in [1.165, 1.54) is 0 Å². The number of Topliss-reactive ketones (excluding diaryl/α,β-unsaturated/α-hetero) is 1. The fourth-order valence-corrected chi connectivity index (χ4v) is 1.53. The summed E-state index contributed by atoms with van der Waals surface area (Å²) in [5.74, 6) is -5.57. The van der Waals surface area contributed by atoms with Gasteiger partial charge in [0.2, 0.25) is 0 Å². The van der Waals surface area contributed by atoms with E-state index in [-0.39, 0.29) is 0 Å². The molecule has 0 saturated carbocycles. The minimum absolute atomic E-state index is 0.347. The van der Waals surface area contributed by atoms with Crippen LogP contribution < -0.4 is 4.74 Å². The fourth-order valence-electron chi connectivity index (χ4n) is 1.53. The smallest absolute Gasteiger partial charge is 0.426 e. The van der Waals surface area contributed by atoms with Gasteiger partial charge in [-0.05, 0) is 42.5 Å². The molecule has 21 heavy (non-hydrogen) atoms. The van der Waals surface area contributed by atoms with Crippen molar-refractivity contribution in [1.29, 1.82) is 0 Å². The van der Waals surface area contributed by atoms with Crippen LogP contribution in [0.2, 0.25) is 0 Å². The van der Waals surface area contributed by atoms with E-state index in [4.69, 9.17) is 0 Å². The predicted molar refractivity (Wildman–Crippen MR) is 62.7 cm³/mol. The molecule has 0 saturated heterocycles. The average molecular weight is 302 g/mol. The number of ketones is 1. The highest BCUT2D eigenvalue weighted by molar-refractivity contribution is 6.00. The first-order chi connectivity index (χ1) is 9.79. The summed E-state index contributed by atoms with van der Waals surface area (Å²) in [6.45, 7) is 0. The zero-order valence-electron chi connectivity index (χ0n) is 10.2. The summed E-state index contributed by atoms with van der Waals surface area (Å²) < 4.78 is 70.3. The van der Waals surface area contributed by atoms with Crippen LogP contribution in [0, 0.1) is 17.5 Å². The van der Waals surface area contributed by atoms with Crippen molar-refractivity contribution in [2.75, 3.05) is 0 Å². The van der Waals surface area contributed by atoms with E-state index in [0.29, 0.717) is 18.2 Å². The van der Waals surface area contributed by atoms with Gasteiger partial charge in [0.05, 0.1) is 5.56 Å². The van der Waals surface area contributed by atoms with Gasteiger partial charge in [-0.2, -0.15) is 8.78 Å². The van der Waals surface area contributed by atoms with Crippen molar-refractivity contribution < 1.29 is 31.5 Å². The van der Waals surface area contributed by atoms with Crippen LogP contribution >= 0.6 is 0 Å². The van der Waals surface area contributed by atoms with Crippen LogP contribution in [0.25, 0.3) is 0 Å². The van der Waals surface area contributed by atoms with Crippen LogP contribution in [0.1, 0.15) is 10.4 Å². The molecule has 0 unspecified atom stereocenters. The minimum Gasteiger partial charge on any atom is -0.426 e. The Hall–Kier alpha value is -2.44. The Kier molecular flexibility index (Phi) is 3.93. The molecule has 0 aliphatic heterocycles. The number of hydrogen-bond acceptors (Lipinski definition) is 2. The molecule has 0 atom stereocenters. The number of carbonyl (C=O) groups is 1. The zero-order chi connectivity index (χ0) is 15.6. The van der Waals surface area contributed by atoms with Gasteiger partial charge in [0.15, 0.2) is 0 Å². The second kappa shape index (κ2) is 5.51. The fraction of sp³-hybridized carbons (Fsp3) is 0.0714. The third-order valence-electron chi connectivity index (χ3n) is 2.50. The number of hydrogen-bond donors (Lipinski definition) is 0. The van der Waals surface area contributed by atoms with Gasteiger partial charge in [0.25, 0.3) is 5.78 Å². The van der Waals surface area contributed by atoms with Crippen molar-refractivity contribution in [3.63, 3.8) is 0 Å². The van der Waals surface area contributed by atoms with Gasteiger partial charge < -0.3 is 4.74 Å². The molecular weight excluding hydrogens is 295 g/mol. The van der Waals surface area contributed by atoms with E-state index in [1.54, 1.807) is 0 Å². The molecule has 0 amide bonds. The lowest BCUT2D eigenvalue weighted by molar-refractivity contribution is -0.134. The Morgan fingerprint density at radius 2 is 1.48 bits per heavy atom. The minimum atomic E-state index is -4.42. The Balaban J connectivity index is 2.27. The normalized spacial score (nSPS) is 11.3. The second-order valence-electron chi connectivity index (χ2n) is 4.03. The second-order valence-corrected chi connectivity index (χ2v) is 4.03. The molecule has 0 aliphatic rings. The molecule has 2 aromatic rings. The Bertz CT molecular complexity index is 668. The molecule has 0 fully saturated rings. The Morgan fingerprint density at radius 1 is 0.905 bits per heavy atom.